The van der Waals surface area contributed by atoms with Crippen LogP contribution >= 0.6 is 11.8 Å². The van der Waals surface area contributed by atoms with E-state index in [0.29, 0.717) is 33.6 Å². The van der Waals surface area contributed by atoms with Crippen LogP contribution < -0.4 is 10.1 Å². The zero-order valence-electron chi connectivity index (χ0n) is 16.0. The highest BCUT2D eigenvalue weighted by molar-refractivity contribution is 7.98. The van der Waals surface area contributed by atoms with Crippen molar-refractivity contribution in [2.75, 3.05) is 25.6 Å². The molecule has 0 spiro atoms. The molecule has 10 heteroatoms. The molecule has 0 aromatic carbocycles. The molecule has 150 valence electrons. The molecule has 3 heterocycles. The average Bonchev–Trinajstić information content (AvgIpc) is 2.81. The van der Waals surface area contributed by atoms with E-state index in [-0.39, 0.29) is 24.3 Å². The number of hydrogen-bond acceptors (Lipinski definition) is 10. The zero-order chi connectivity index (χ0) is 21.3. The number of aliphatic hydroxyl groups excluding tert-OH is 1. The Morgan fingerprint density at radius 2 is 2.03 bits per heavy atom. The summed E-state index contributed by atoms with van der Waals surface area (Å²) in [6, 6.07) is 11.3. The maximum Gasteiger partial charge on any atom is 0.213 e. The summed E-state index contributed by atoms with van der Waals surface area (Å²) in [5, 5.41) is 39.8. The average molecular weight is 419 g/mol. The molecule has 0 aliphatic rings. The van der Waals surface area contributed by atoms with E-state index in [1.54, 1.807) is 31.4 Å². The van der Waals surface area contributed by atoms with Gasteiger partial charge in [-0.05, 0) is 18.2 Å². The monoisotopic (exact) mass is 419 g/mol. The minimum absolute atomic E-state index is 0.122. The van der Waals surface area contributed by atoms with Crippen LogP contribution in [0, 0.1) is 22.7 Å². The first-order valence-corrected chi connectivity index (χ1v) is 9.85. The van der Waals surface area contributed by atoms with Crippen LogP contribution in [-0.4, -0.2) is 45.5 Å². The van der Waals surface area contributed by atoms with Gasteiger partial charge in [0.1, 0.15) is 35.2 Å². The molecule has 3 aromatic rings. The van der Waals surface area contributed by atoms with Crippen molar-refractivity contribution < 1.29 is 9.84 Å². The maximum atomic E-state index is 9.88. The molecule has 0 amide bonds. The van der Waals surface area contributed by atoms with Gasteiger partial charge in [0, 0.05) is 42.4 Å². The van der Waals surface area contributed by atoms with E-state index < -0.39 is 0 Å². The fourth-order valence-electron chi connectivity index (χ4n) is 2.67. The van der Waals surface area contributed by atoms with E-state index in [4.69, 9.17) is 9.84 Å². The first kappa shape index (κ1) is 21.0. The number of thioether (sulfide) groups is 1. The number of anilines is 1. The normalized spacial score (nSPS) is 10.1. The molecule has 0 saturated heterocycles. The summed E-state index contributed by atoms with van der Waals surface area (Å²) < 4.78 is 5.28. The molecule has 0 unspecified atom stereocenters. The predicted molar refractivity (Wildman–Crippen MR) is 111 cm³/mol. The third-order valence-corrected chi connectivity index (χ3v) is 4.98. The number of ether oxygens (including phenoxy) is 1. The molecule has 9 nitrogen and oxygen atoms in total. The van der Waals surface area contributed by atoms with Crippen molar-refractivity contribution in [3.05, 3.63) is 53.5 Å². The number of hydrogen-bond donors (Lipinski definition) is 2. The Morgan fingerprint density at radius 3 is 2.63 bits per heavy atom. The van der Waals surface area contributed by atoms with Gasteiger partial charge < -0.3 is 15.2 Å². The third kappa shape index (κ3) is 4.63. The van der Waals surface area contributed by atoms with Crippen molar-refractivity contribution in [2.24, 2.45) is 0 Å². The number of nitriles is 2. The second-order valence-corrected chi connectivity index (χ2v) is 6.79. The number of nitrogens with one attached hydrogen (secondary N) is 1. The van der Waals surface area contributed by atoms with Gasteiger partial charge in [0.2, 0.25) is 5.88 Å². The van der Waals surface area contributed by atoms with E-state index in [1.807, 2.05) is 6.07 Å². The van der Waals surface area contributed by atoms with Gasteiger partial charge in [-0.3, -0.25) is 0 Å². The molecule has 2 N–H and O–H groups in total. The van der Waals surface area contributed by atoms with Crippen LogP contribution in [0.25, 0.3) is 11.1 Å². The van der Waals surface area contributed by atoms with Crippen molar-refractivity contribution in [1.29, 1.82) is 10.5 Å². The minimum Gasteiger partial charge on any atom is -0.475 e. The molecule has 3 rings (SSSR count). The Morgan fingerprint density at radius 1 is 1.20 bits per heavy atom. The number of pyridine rings is 2. The quantitative estimate of drug-likeness (QED) is 0.523. The van der Waals surface area contributed by atoms with Crippen LogP contribution in [0.2, 0.25) is 0 Å². The largest absolute Gasteiger partial charge is 0.475 e. The van der Waals surface area contributed by atoms with Gasteiger partial charge in [0.25, 0.3) is 0 Å². The number of rotatable bonds is 8. The first-order valence-electron chi connectivity index (χ1n) is 8.87. The Labute approximate surface area is 177 Å². The lowest BCUT2D eigenvalue weighted by molar-refractivity contribution is 0.196. The lowest BCUT2D eigenvalue weighted by atomic mass is 9.98. The molecule has 0 saturated carbocycles. The standard InChI is InChI=1S/C20H17N7O2S/c1-23-19-15(9-21)18(13-4-5-17(24-11-13)29-8-7-28)16(10-22)20(26-19)30-12-14-3-2-6-25-27-14/h2-6,11,28H,7-8,12H2,1H3,(H,23,26). The number of aliphatic hydroxyl groups is 1. The van der Waals surface area contributed by atoms with Crippen LogP contribution in [0.15, 0.2) is 41.7 Å². The fourth-order valence-corrected chi connectivity index (χ4v) is 3.55. The van der Waals surface area contributed by atoms with Crippen LogP contribution in [0.4, 0.5) is 5.82 Å². The molecule has 0 radical (unpaired) electrons. The van der Waals surface area contributed by atoms with Gasteiger partial charge in [0.15, 0.2) is 0 Å². The van der Waals surface area contributed by atoms with Crippen LogP contribution in [0.3, 0.4) is 0 Å². The third-order valence-electron chi connectivity index (χ3n) is 3.97. The van der Waals surface area contributed by atoms with Crippen molar-refractivity contribution in [3.63, 3.8) is 0 Å². The van der Waals surface area contributed by atoms with Gasteiger partial charge in [-0.15, -0.1) is 0 Å². The highest BCUT2D eigenvalue weighted by atomic mass is 32.2. The van der Waals surface area contributed by atoms with Gasteiger partial charge >= 0.3 is 0 Å². The fraction of sp³-hybridized carbons (Fsp3) is 0.200. The lowest BCUT2D eigenvalue weighted by Crippen LogP contribution is -2.05. The second kappa shape index (κ2) is 10.2. The van der Waals surface area contributed by atoms with Gasteiger partial charge in [0.05, 0.1) is 17.9 Å². The van der Waals surface area contributed by atoms with E-state index >= 15 is 0 Å². The van der Waals surface area contributed by atoms with E-state index in [9.17, 15) is 10.5 Å². The summed E-state index contributed by atoms with van der Waals surface area (Å²) in [4.78, 5) is 8.68. The zero-order valence-corrected chi connectivity index (χ0v) is 16.8. The van der Waals surface area contributed by atoms with Crippen molar-refractivity contribution >= 4 is 17.6 Å². The second-order valence-electron chi connectivity index (χ2n) is 5.83. The van der Waals surface area contributed by atoms with Crippen molar-refractivity contribution in [3.8, 4) is 29.1 Å². The number of nitrogens with zero attached hydrogens (tertiary/aromatic N) is 6. The molecule has 3 aromatic heterocycles. The lowest BCUT2D eigenvalue weighted by Gasteiger charge is -2.14. The van der Waals surface area contributed by atoms with E-state index in [0.717, 1.165) is 5.69 Å². The summed E-state index contributed by atoms with van der Waals surface area (Å²) >= 11 is 1.34. The summed E-state index contributed by atoms with van der Waals surface area (Å²) in [5.74, 6) is 1.18. The van der Waals surface area contributed by atoms with E-state index in [1.165, 1.54) is 18.0 Å². The van der Waals surface area contributed by atoms with E-state index in [2.05, 4.69) is 37.6 Å². The van der Waals surface area contributed by atoms with Gasteiger partial charge in [-0.25, -0.2) is 9.97 Å². The Balaban J connectivity index is 2.06. The highest BCUT2D eigenvalue weighted by Gasteiger charge is 2.21. The molecule has 0 fully saturated rings. The SMILES string of the molecule is CNc1nc(SCc2cccnn2)c(C#N)c(-c2ccc(OCCO)nc2)c1C#N. The molecular formula is C20H17N7O2S. The van der Waals surface area contributed by atoms with Crippen molar-refractivity contribution in [2.45, 2.75) is 10.8 Å². The number of aromatic nitrogens is 4. The smallest absolute Gasteiger partial charge is 0.213 e. The Bertz CT molecular complexity index is 1090. The Kier molecular flexibility index (Phi) is 7.11. The van der Waals surface area contributed by atoms with Gasteiger partial charge in [-0.2, -0.15) is 20.7 Å². The van der Waals surface area contributed by atoms with Crippen molar-refractivity contribution in [1.82, 2.24) is 20.2 Å². The Hall–Kier alpha value is -3.73. The minimum atomic E-state index is -0.122. The van der Waals surface area contributed by atoms with Crippen LogP contribution in [0.5, 0.6) is 5.88 Å². The topological polar surface area (TPSA) is 141 Å². The summed E-state index contributed by atoms with van der Waals surface area (Å²) in [6.07, 6.45) is 3.12. The molecule has 0 atom stereocenters. The van der Waals surface area contributed by atoms with Crippen LogP contribution in [0.1, 0.15) is 16.8 Å². The molecule has 0 bridgehead atoms. The highest BCUT2D eigenvalue weighted by Crippen LogP contribution is 2.37. The molecule has 0 aliphatic heterocycles. The maximum absolute atomic E-state index is 9.88. The first-order chi connectivity index (χ1) is 14.7. The summed E-state index contributed by atoms with van der Waals surface area (Å²) in [7, 11) is 1.67. The molecule has 0 aliphatic carbocycles. The predicted octanol–water partition coefficient (Wildman–Crippen LogP) is 2.38. The summed E-state index contributed by atoms with van der Waals surface area (Å²) in [6.45, 7) is 0.00438. The van der Waals surface area contributed by atoms with Gasteiger partial charge in [-0.1, -0.05) is 11.8 Å². The van der Waals surface area contributed by atoms with Crippen LogP contribution in [-0.2, 0) is 5.75 Å². The molecular weight excluding hydrogens is 402 g/mol. The molecule has 30 heavy (non-hydrogen) atoms. The summed E-state index contributed by atoms with van der Waals surface area (Å²) in [5.41, 5.74) is 2.31.